The summed E-state index contributed by atoms with van der Waals surface area (Å²) in [4.78, 5) is 4.36. The normalized spacial score (nSPS) is 12.6. The topological polar surface area (TPSA) is 29.9 Å². The predicted molar refractivity (Wildman–Crippen MR) is 79.7 cm³/mol. The third-order valence-corrected chi connectivity index (χ3v) is 3.47. The van der Waals surface area contributed by atoms with E-state index in [-0.39, 0.29) is 0 Å². The van der Waals surface area contributed by atoms with Gasteiger partial charge in [-0.3, -0.25) is 0 Å². The van der Waals surface area contributed by atoms with E-state index in [1.807, 2.05) is 12.4 Å². The van der Waals surface area contributed by atoms with E-state index < -0.39 is 0 Å². The lowest BCUT2D eigenvalue weighted by molar-refractivity contribution is 0.537. The largest absolute Gasteiger partial charge is 0.310 e. The van der Waals surface area contributed by atoms with Gasteiger partial charge in [0.2, 0.25) is 0 Å². The Kier molecular flexibility index (Phi) is 4.74. The van der Waals surface area contributed by atoms with E-state index in [0.29, 0.717) is 6.04 Å². The Balaban J connectivity index is 2.23. The lowest BCUT2D eigenvalue weighted by Crippen LogP contribution is -2.19. The van der Waals surface area contributed by atoms with Crippen LogP contribution in [0.25, 0.3) is 5.69 Å². The van der Waals surface area contributed by atoms with E-state index >= 15 is 0 Å². The van der Waals surface area contributed by atoms with Crippen LogP contribution < -0.4 is 5.32 Å². The fraction of sp³-hybridized carbons (Fsp3) is 0.438. The molecule has 0 saturated carbocycles. The van der Waals surface area contributed by atoms with Gasteiger partial charge in [-0.25, -0.2) is 4.98 Å². The molecule has 0 amide bonds. The van der Waals surface area contributed by atoms with E-state index in [4.69, 9.17) is 0 Å². The number of aryl methyl sites for hydroxylation is 1. The number of rotatable bonds is 6. The van der Waals surface area contributed by atoms with E-state index in [1.165, 1.54) is 11.3 Å². The molecule has 1 aromatic carbocycles. The zero-order valence-electron chi connectivity index (χ0n) is 12.1. The molecule has 1 unspecified atom stereocenters. The van der Waals surface area contributed by atoms with Gasteiger partial charge in [-0.15, -0.1) is 0 Å². The van der Waals surface area contributed by atoms with E-state index in [9.17, 15) is 0 Å². The van der Waals surface area contributed by atoms with Crippen molar-refractivity contribution in [2.75, 3.05) is 6.54 Å². The highest BCUT2D eigenvalue weighted by Crippen LogP contribution is 2.19. The van der Waals surface area contributed by atoms with Crippen LogP contribution in [0.15, 0.2) is 36.7 Å². The number of hydrogen-bond donors (Lipinski definition) is 1. The molecule has 3 heteroatoms. The molecule has 1 atom stereocenters. The van der Waals surface area contributed by atoms with Crippen molar-refractivity contribution >= 4 is 0 Å². The Bertz CT molecular complexity index is 499. The van der Waals surface area contributed by atoms with Crippen LogP contribution in [-0.4, -0.2) is 16.1 Å². The lowest BCUT2D eigenvalue weighted by Gasteiger charge is -2.17. The minimum atomic E-state index is 0.451. The van der Waals surface area contributed by atoms with Crippen LogP contribution >= 0.6 is 0 Å². The fourth-order valence-electron chi connectivity index (χ4n) is 2.44. The first-order valence-corrected chi connectivity index (χ1v) is 7.16. The molecule has 0 saturated heterocycles. The third kappa shape index (κ3) is 3.04. The van der Waals surface area contributed by atoms with Gasteiger partial charge in [-0.2, -0.15) is 0 Å². The van der Waals surface area contributed by atoms with Crippen molar-refractivity contribution in [1.29, 1.82) is 0 Å². The molecule has 0 fully saturated rings. The predicted octanol–water partition coefficient (Wildman–Crippen LogP) is 3.50. The Morgan fingerprint density at radius 2 is 1.89 bits per heavy atom. The monoisotopic (exact) mass is 257 g/mol. The maximum atomic E-state index is 4.36. The highest BCUT2D eigenvalue weighted by Gasteiger charge is 2.08. The van der Waals surface area contributed by atoms with Crippen LogP contribution in [0.4, 0.5) is 0 Å². The van der Waals surface area contributed by atoms with Crippen molar-refractivity contribution in [3.05, 3.63) is 48.0 Å². The van der Waals surface area contributed by atoms with Crippen LogP contribution in [0.5, 0.6) is 0 Å². The van der Waals surface area contributed by atoms with Gasteiger partial charge in [0.25, 0.3) is 0 Å². The molecule has 0 aliphatic carbocycles. The second-order valence-electron chi connectivity index (χ2n) is 4.68. The smallest absolute Gasteiger partial charge is 0.112 e. The first-order chi connectivity index (χ1) is 9.30. The second kappa shape index (κ2) is 6.53. The molecule has 0 aliphatic heterocycles. The summed E-state index contributed by atoms with van der Waals surface area (Å²) in [5.74, 6) is 1.10. The molecule has 1 aromatic heterocycles. The summed E-state index contributed by atoms with van der Waals surface area (Å²) in [6, 6.07) is 9.23. The molecule has 1 N–H and O–H groups in total. The van der Waals surface area contributed by atoms with Gasteiger partial charge < -0.3 is 9.88 Å². The zero-order chi connectivity index (χ0) is 13.7. The summed E-state index contributed by atoms with van der Waals surface area (Å²) in [7, 11) is 0. The van der Waals surface area contributed by atoms with Gasteiger partial charge in [-0.1, -0.05) is 32.9 Å². The van der Waals surface area contributed by atoms with Crippen molar-refractivity contribution in [3.8, 4) is 5.69 Å². The summed E-state index contributed by atoms with van der Waals surface area (Å²) in [6.07, 6.45) is 5.94. The number of benzene rings is 1. The van der Waals surface area contributed by atoms with Crippen molar-refractivity contribution in [1.82, 2.24) is 14.9 Å². The number of nitrogens with one attached hydrogen (secondary N) is 1. The average Bonchev–Trinajstić information content (AvgIpc) is 2.93. The molecular formula is C16H23N3. The highest BCUT2D eigenvalue weighted by molar-refractivity contribution is 5.37. The number of nitrogens with zero attached hydrogens (tertiary/aromatic N) is 2. The summed E-state index contributed by atoms with van der Waals surface area (Å²) >= 11 is 0. The third-order valence-electron chi connectivity index (χ3n) is 3.47. The van der Waals surface area contributed by atoms with Gasteiger partial charge in [0.1, 0.15) is 5.82 Å². The first-order valence-electron chi connectivity index (χ1n) is 7.16. The van der Waals surface area contributed by atoms with Crippen molar-refractivity contribution in [2.24, 2.45) is 0 Å². The molecule has 102 valence electrons. The highest BCUT2D eigenvalue weighted by atomic mass is 15.1. The Morgan fingerprint density at radius 1 is 1.16 bits per heavy atom. The SMILES string of the molecule is CCNC(CC)c1ccc(-n2ccnc2CC)cc1. The molecule has 2 rings (SSSR count). The van der Waals surface area contributed by atoms with Crippen molar-refractivity contribution < 1.29 is 0 Å². The Hall–Kier alpha value is -1.61. The maximum absolute atomic E-state index is 4.36. The first kappa shape index (κ1) is 13.8. The van der Waals surface area contributed by atoms with Crippen molar-refractivity contribution in [2.45, 2.75) is 39.7 Å². The number of aromatic nitrogens is 2. The summed E-state index contributed by atoms with van der Waals surface area (Å²) in [5.41, 5.74) is 2.54. The standard InChI is InChI=1S/C16H23N3/c1-4-15(17-6-3)13-7-9-14(10-8-13)19-12-11-18-16(19)5-2/h7-12,15,17H,4-6H2,1-3H3. The molecule has 0 aliphatic rings. The van der Waals surface area contributed by atoms with Crippen LogP contribution in [0.3, 0.4) is 0 Å². The minimum Gasteiger partial charge on any atom is -0.310 e. The summed E-state index contributed by atoms with van der Waals surface area (Å²) in [6.45, 7) is 7.50. The molecule has 1 heterocycles. The van der Waals surface area contributed by atoms with Crippen LogP contribution in [0.1, 0.15) is 44.6 Å². The van der Waals surface area contributed by atoms with Crippen LogP contribution in [0.2, 0.25) is 0 Å². The molecule has 3 nitrogen and oxygen atoms in total. The van der Waals surface area contributed by atoms with E-state index in [2.05, 4.69) is 59.9 Å². The fourth-order valence-corrected chi connectivity index (χ4v) is 2.44. The molecule has 0 radical (unpaired) electrons. The van der Waals surface area contributed by atoms with E-state index in [0.717, 1.165) is 25.2 Å². The van der Waals surface area contributed by atoms with Crippen LogP contribution in [0, 0.1) is 0 Å². The number of imidazole rings is 1. The molecule has 0 spiro atoms. The van der Waals surface area contributed by atoms with Gasteiger partial charge in [0.05, 0.1) is 0 Å². The Labute approximate surface area is 115 Å². The van der Waals surface area contributed by atoms with Gasteiger partial charge >= 0.3 is 0 Å². The van der Waals surface area contributed by atoms with Gasteiger partial charge in [0, 0.05) is 30.5 Å². The quantitative estimate of drug-likeness (QED) is 0.858. The van der Waals surface area contributed by atoms with Crippen molar-refractivity contribution in [3.63, 3.8) is 0 Å². The summed E-state index contributed by atoms with van der Waals surface area (Å²) < 4.78 is 2.15. The average molecular weight is 257 g/mol. The second-order valence-corrected chi connectivity index (χ2v) is 4.68. The number of hydrogen-bond acceptors (Lipinski definition) is 2. The lowest BCUT2D eigenvalue weighted by atomic mass is 10.0. The van der Waals surface area contributed by atoms with Gasteiger partial charge in [0.15, 0.2) is 0 Å². The minimum absolute atomic E-state index is 0.451. The zero-order valence-corrected chi connectivity index (χ0v) is 12.1. The maximum Gasteiger partial charge on any atom is 0.112 e. The molecule has 19 heavy (non-hydrogen) atoms. The molecule has 2 aromatic rings. The van der Waals surface area contributed by atoms with Crippen LogP contribution in [-0.2, 0) is 6.42 Å². The van der Waals surface area contributed by atoms with Gasteiger partial charge in [-0.05, 0) is 30.7 Å². The molecular weight excluding hydrogens is 234 g/mol. The molecule has 0 bridgehead atoms. The summed E-state index contributed by atoms with van der Waals surface area (Å²) in [5, 5.41) is 3.51. The Morgan fingerprint density at radius 3 is 2.47 bits per heavy atom. The van der Waals surface area contributed by atoms with E-state index in [1.54, 1.807) is 0 Å².